The lowest BCUT2D eigenvalue weighted by molar-refractivity contribution is -0.387. The highest BCUT2D eigenvalue weighted by Crippen LogP contribution is 2.25. The minimum Gasteiger partial charge on any atom is -0.399 e. The zero-order valence-electron chi connectivity index (χ0n) is 20.1. The average Bonchev–Trinajstić information content (AvgIpc) is 2.86. The standard InChI is InChI=1S/C13H10BrNO2.C6H3BrFNO2.C6H7N.CH4NP/c14-12-6-7-13(15(16)17)11(9-12)8-10-4-2-1-3-5-10;7-4-1-2-6(9(10)11)5(8)3-4;7-6-4-2-1-3-5-6;1-2-3/h1-7,9H,8H2;1-3H;1-5H,7H2;3H,1H3. The molecule has 0 aliphatic heterocycles. The number of rotatable bonds is 4. The first-order valence-corrected chi connectivity index (χ1v) is 12.7. The van der Waals surface area contributed by atoms with E-state index < -0.39 is 16.4 Å². The molecule has 4 rings (SSSR count). The van der Waals surface area contributed by atoms with Crippen molar-refractivity contribution < 1.29 is 14.2 Å². The monoisotopic (exact) mass is 664 g/mol. The molecule has 0 saturated carbocycles. The van der Waals surface area contributed by atoms with Crippen molar-refractivity contribution in [1.82, 2.24) is 0 Å². The molecule has 8 nitrogen and oxygen atoms in total. The number of nitrogens with zero attached hydrogens (tertiary/aromatic N) is 3. The molecule has 0 spiro atoms. The van der Waals surface area contributed by atoms with Gasteiger partial charge in [-0.1, -0.05) is 80.4 Å². The number of hydrogen-bond donors (Lipinski definition) is 1. The quantitative estimate of drug-likeness (QED) is 0.101. The number of nitrogen functional groups attached to an aromatic ring is 1. The Kier molecular flexibility index (Phi) is 15.3. The Hall–Kier alpha value is -3.53. The Morgan fingerprint density at radius 2 is 1.26 bits per heavy atom. The second kappa shape index (κ2) is 17.8. The van der Waals surface area contributed by atoms with Crippen LogP contribution in [0.4, 0.5) is 21.5 Å². The third-order valence-corrected chi connectivity index (χ3v) is 5.37. The summed E-state index contributed by atoms with van der Waals surface area (Å²) in [6.07, 6.45) is 0.566. The molecule has 0 unspecified atom stereocenters. The van der Waals surface area contributed by atoms with Crippen molar-refractivity contribution >= 4 is 58.0 Å². The molecule has 38 heavy (non-hydrogen) atoms. The fourth-order valence-electron chi connectivity index (χ4n) is 2.77. The van der Waals surface area contributed by atoms with Gasteiger partial charge >= 0.3 is 5.69 Å². The largest absolute Gasteiger partial charge is 0.399 e. The molecule has 0 atom stereocenters. The fraction of sp³-hybridized carbons (Fsp3) is 0.0769. The molecule has 0 bridgehead atoms. The smallest absolute Gasteiger partial charge is 0.304 e. The summed E-state index contributed by atoms with van der Waals surface area (Å²) in [6.45, 7) is 0. The molecule has 0 amide bonds. The van der Waals surface area contributed by atoms with Gasteiger partial charge in [0.1, 0.15) is 0 Å². The molecule has 12 heteroatoms. The Balaban J connectivity index is 0.000000294. The first kappa shape index (κ1) is 32.5. The van der Waals surface area contributed by atoms with Gasteiger partial charge in [-0.05, 0) is 51.0 Å². The molecule has 0 radical (unpaired) electrons. The van der Waals surface area contributed by atoms with Gasteiger partial charge in [-0.3, -0.25) is 25.0 Å². The number of para-hydroxylation sites is 1. The van der Waals surface area contributed by atoms with E-state index in [1.54, 1.807) is 19.2 Å². The predicted octanol–water partition coefficient (Wildman–Crippen LogP) is 8.66. The van der Waals surface area contributed by atoms with E-state index in [0.29, 0.717) is 10.9 Å². The number of benzene rings is 4. The number of hydrogen-bond acceptors (Lipinski definition) is 6. The van der Waals surface area contributed by atoms with Gasteiger partial charge in [0.2, 0.25) is 5.82 Å². The molecule has 0 aromatic heterocycles. The maximum atomic E-state index is 12.6. The van der Waals surface area contributed by atoms with Crippen LogP contribution in [-0.2, 0) is 6.42 Å². The van der Waals surface area contributed by atoms with Crippen molar-refractivity contribution in [2.75, 3.05) is 12.8 Å². The molecule has 2 N–H and O–H groups in total. The van der Waals surface area contributed by atoms with E-state index in [9.17, 15) is 24.6 Å². The van der Waals surface area contributed by atoms with Crippen LogP contribution >= 0.6 is 40.9 Å². The third kappa shape index (κ3) is 12.6. The van der Waals surface area contributed by atoms with Crippen molar-refractivity contribution in [1.29, 1.82) is 0 Å². The molecule has 0 aliphatic carbocycles. The molecule has 4 aromatic carbocycles. The minimum atomic E-state index is -0.829. The summed E-state index contributed by atoms with van der Waals surface area (Å²) in [4.78, 5) is 19.9. The molecule has 0 saturated heterocycles. The number of nitro benzene ring substituents is 2. The normalized spacial score (nSPS) is 9.26. The lowest BCUT2D eigenvalue weighted by atomic mass is 10.0. The highest BCUT2D eigenvalue weighted by atomic mass is 79.9. The van der Waals surface area contributed by atoms with E-state index >= 15 is 0 Å². The first-order chi connectivity index (χ1) is 18.1. The molecule has 0 aliphatic rings. The Morgan fingerprint density at radius 3 is 1.68 bits per heavy atom. The summed E-state index contributed by atoms with van der Waals surface area (Å²) in [6, 6.07) is 27.8. The highest BCUT2D eigenvalue weighted by Gasteiger charge is 2.14. The maximum absolute atomic E-state index is 12.6. The Morgan fingerprint density at radius 1 is 0.816 bits per heavy atom. The van der Waals surface area contributed by atoms with Crippen molar-refractivity contribution in [2.24, 2.45) is 4.74 Å². The molecule has 0 heterocycles. The summed E-state index contributed by atoms with van der Waals surface area (Å²) in [5.41, 5.74) is 7.62. The van der Waals surface area contributed by atoms with Gasteiger partial charge in [-0.15, -0.1) is 0 Å². The molecular formula is C26H24Br2FN4O4P. The minimum absolute atomic E-state index is 0.164. The second-order valence-corrected chi connectivity index (χ2v) is 9.46. The van der Waals surface area contributed by atoms with Gasteiger partial charge in [0.25, 0.3) is 5.69 Å². The van der Waals surface area contributed by atoms with Gasteiger partial charge in [0, 0.05) is 45.8 Å². The topological polar surface area (TPSA) is 125 Å². The van der Waals surface area contributed by atoms with E-state index in [-0.39, 0.29) is 10.6 Å². The van der Waals surface area contributed by atoms with Crippen molar-refractivity contribution in [2.45, 2.75) is 6.42 Å². The van der Waals surface area contributed by atoms with Crippen LogP contribution in [0.5, 0.6) is 0 Å². The number of anilines is 1. The molecule has 4 aromatic rings. The average molecular weight is 666 g/mol. The van der Waals surface area contributed by atoms with Gasteiger partial charge in [0.15, 0.2) is 0 Å². The summed E-state index contributed by atoms with van der Waals surface area (Å²) in [5.74, 6) is -0.829. The molecule has 198 valence electrons. The molecular weight excluding hydrogens is 642 g/mol. The van der Waals surface area contributed by atoms with E-state index in [0.717, 1.165) is 33.4 Å². The zero-order chi connectivity index (χ0) is 28.5. The van der Waals surface area contributed by atoms with Crippen LogP contribution in [0.15, 0.2) is 111 Å². The number of nitro groups is 2. The van der Waals surface area contributed by atoms with Crippen molar-refractivity contribution in [3.63, 3.8) is 0 Å². The summed E-state index contributed by atoms with van der Waals surface area (Å²) in [7, 11) is 4.47. The van der Waals surface area contributed by atoms with Crippen LogP contribution in [0, 0.1) is 26.0 Å². The second-order valence-electron chi connectivity index (χ2n) is 7.18. The van der Waals surface area contributed by atoms with Crippen LogP contribution in [0.3, 0.4) is 0 Å². The van der Waals surface area contributed by atoms with E-state index in [1.807, 2.05) is 60.7 Å². The van der Waals surface area contributed by atoms with Crippen LogP contribution in [0.1, 0.15) is 11.1 Å². The maximum Gasteiger partial charge on any atom is 0.304 e. The fourth-order valence-corrected chi connectivity index (χ4v) is 3.51. The summed E-state index contributed by atoms with van der Waals surface area (Å²) < 4.78 is 17.3. The van der Waals surface area contributed by atoms with Crippen molar-refractivity contribution in [3.05, 3.63) is 143 Å². The lowest BCUT2D eigenvalue weighted by Gasteiger charge is -2.04. The van der Waals surface area contributed by atoms with Crippen LogP contribution in [0.25, 0.3) is 0 Å². The molecule has 0 fully saturated rings. The number of halogens is 3. The summed E-state index contributed by atoms with van der Waals surface area (Å²) >= 11 is 6.32. The predicted molar refractivity (Wildman–Crippen MR) is 158 cm³/mol. The number of nitrogens with two attached hydrogens (primary N) is 1. The first-order valence-electron chi connectivity index (χ1n) is 10.7. The SMILES string of the molecule is CN=P.Nc1ccccc1.O=[N+]([O-])c1ccc(Br)cc1Cc1ccccc1.O=[N+]([O-])c1ccc(Br)cc1F. The zero-order valence-corrected chi connectivity index (χ0v) is 24.3. The van der Waals surface area contributed by atoms with E-state index in [4.69, 9.17) is 5.73 Å². The van der Waals surface area contributed by atoms with Gasteiger partial charge in [-0.2, -0.15) is 4.39 Å². The Labute approximate surface area is 238 Å². The lowest BCUT2D eigenvalue weighted by Crippen LogP contribution is -1.96. The summed E-state index contributed by atoms with van der Waals surface area (Å²) in [5, 5.41) is 21.0. The van der Waals surface area contributed by atoms with Gasteiger partial charge < -0.3 is 5.73 Å². The highest BCUT2D eigenvalue weighted by molar-refractivity contribution is 9.10. The van der Waals surface area contributed by atoms with Crippen LogP contribution in [0.2, 0.25) is 0 Å². The van der Waals surface area contributed by atoms with E-state index in [2.05, 4.69) is 45.6 Å². The van der Waals surface area contributed by atoms with Crippen LogP contribution in [-0.4, -0.2) is 16.9 Å². The Bertz CT molecular complexity index is 1330. The van der Waals surface area contributed by atoms with E-state index in [1.165, 1.54) is 12.1 Å². The van der Waals surface area contributed by atoms with Crippen LogP contribution < -0.4 is 5.73 Å². The third-order valence-electron chi connectivity index (χ3n) is 4.38. The van der Waals surface area contributed by atoms with Gasteiger partial charge in [-0.25, -0.2) is 0 Å². The van der Waals surface area contributed by atoms with Gasteiger partial charge in [0.05, 0.1) is 9.85 Å². The van der Waals surface area contributed by atoms with Crippen molar-refractivity contribution in [3.8, 4) is 0 Å².